The van der Waals surface area contributed by atoms with Gasteiger partial charge in [-0.3, -0.25) is 4.79 Å². The van der Waals surface area contributed by atoms with E-state index in [1.54, 1.807) is 12.1 Å². The molecule has 2 aromatic rings. The van der Waals surface area contributed by atoms with E-state index in [0.29, 0.717) is 17.8 Å². The van der Waals surface area contributed by atoms with Gasteiger partial charge < -0.3 is 15.2 Å². The van der Waals surface area contributed by atoms with Crippen molar-refractivity contribution in [3.63, 3.8) is 0 Å². The van der Waals surface area contributed by atoms with Crippen LogP contribution in [0.2, 0.25) is 0 Å². The van der Waals surface area contributed by atoms with Crippen LogP contribution < -0.4 is 10.6 Å². The minimum atomic E-state index is -0.146. The van der Waals surface area contributed by atoms with Gasteiger partial charge >= 0.3 is 0 Å². The van der Waals surface area contributed by atoms with E-state index in [2.05, 4.69) is 20.8 Å². The SMILES string of the molecule is CCNc1cc(C(=O)NCc2cc(C)on2)cc(CC)n1. The molecule has 112 valence electrons. The Kier molecular flexibility index (Phi) is 4.92. The molecular weight excluding hydrogens is 268 g/mol. The second kappa shape index (κ2) is 6.88. The summed E-state index contributed by atoms with van der Waals surface area (Å²) in [7, 11) is 0. The van der Waals surface area contributed by atoms with Crippen LogP contribution in [-0.2, 0) is 13.0 Å². The molecule has 1 amide bonds. The summed E-state index contributed by atoms with van der Waals surface area (Å²) in [6.45, 7) is 6.93. The quantitative estimate of drug-likeness (QED) is 0.852. The van der Waals surface area contributed by atoms with Crippen LogP contribution in [0, 0.1) is 6.92 Å². The highest BCUT2D eigenvalue weighted by atomic mass is 16.5. The number of carbonyl (C=O) groups is 1. The average molecular weight is 288 g/mol. The van der Waals surface area contributed by atoms with Crippen molar-refractivity contribution in [2.75, 3.05) is 11.9 Å². The number of rotatable bonds is 6. The highest BCUT2D eigenvalue weighted by Gasteiger charge is 2.10. The zero-order valence-electron chi connectivity index (χ0n) is 12.6. The maximum absolute atomic E-state index is 12.2. The van der Waals surface area contributed by atoms with E-state index in [4.69, 9.17) is 4.52 Å². The summed E-state index contributed by atoms with van der Waals surface area (Å²) in [6, 6.07) is 5.37. The van der Waals surface area contributed by atoms with Crippen molar-refractivity contribution < 1.29 is 9.32 Å². The van der Waals surface area contributed by atoms with Crippen molar-refractivity contribution in [2.24, 2.45) is 0 Å². The molecule has 0 saturated heterocycles. The summed E-state index contributed by atoms with van der Waals surface area (Å²) in [5.41, 5.74) is 2.19. The van der Waals surface area contributed by atoms with Gasteiger partial charge in [0.2, 0.25) is 0 Å². The van der Waals surface area contributed by atoms with Crippen molar-refractivity contribution >= 4 is 11.7 Å². The highest BCUT2D eigenvalue weighted by molar-refractivity contribution is 5.94. The monoisotopic (exact) mass is 288 g/mol. The fourth-order valence-electron chi connectivity index (χ4n) is 1.95. The second-order valence-corrected chi connectivity index (χ2v) is 4.73. The molecule has 0 spiro atoms. The van der Waals surface area contributed by atoms with E-state index < -0.39 is 0 Å². The molecule has 0 bridgehead atoms. The van der Waals surface area contributed by atoms with Gasteiger partial charge in [-0.2, -0.15) is 0 Å². The maximum Gasteiger partial charge on any atom is 0.251 e. The van der Waals surface area contributed by atoms with Gasteiger partial charge in [0.15, 0.2) is 0 Å². The molecule has 2 heterocycles. The molecule has 0 aliphatic carbocycles. The Morgan fingerprint density at radius 3 is 2.67 bits per heavy atom. The number of anilines is 1. The third-order valence-corrected chi connectivity index (χ3v) is 2.97. The van der Waals surface area contributed by atoms with Crippen molar-refractivity contribution in [3.05, 3.63) is 40.9 Å². The Bertz CT molecular complexity index is 622. The molecule has 0 radical (unpaired) electrons. The molecule has 2 aromatic heterocycles. The van der Waals surface area contributed by atoms with E-state index in [9.17, 15) is 4.79 Å². The molecular formula is C15H20N4O2. The number of carbonyl (C=O) groups excluding carboxylic acids is 1. The first-order chi connectivity index (χ1) is 10.1. The molecule has 0 atom stereocenters. The van der Waals surface area contributed by atoms with E-state index in [1.165, 1.54) is 0 Å². The number of pyridine rings is 1. The molecule has 0 saturated carbocycles. The summed E-state index contributed by atoms with van der Waals surface area (Å²) in [6.07, 6.45) is 0.780. The van der Waals surface area contributed by atoms with E-state index in [-0.39, 0.29) is 5.91 Å². The summed E-state index contributed by atoms with van der Waals surface area (Å²) in [4.78, 5) is 16.7. The van der Waals surface area contributed by atoms with Gasteiger partial charge in [0.1, 0.15) is 17.3 Å². The number of amides is 1. The Morgan fingerprint density at radius 2 is 2.05 bits per heavy atom. The molecule has 2 N–H and O–H groups in total. The standard InChI is InChI=1S/C15H20N4O2/c1-4-12-7-11(8-14(18-12)16-5-2)15(20)17-9-13-6-10(3)21-19-13/h6-8H,4-5,9H2,1-3H3,(H,16,18)(H,17,20). The van der Waals surface area contributed by atoms with Crippen LogP contribution >= 0.6 is 0 Å². The normalized spacial score (nSPS) is 10.4. The summed E-state index contributed by atoms with van der Waals surface area (Å²) < 4.78 is 4.97. The third kappa shape index (κ3) is 4.05. The van der Waals surface area contributed by atoms with Gasteiger partial charge in [-0.25, -0.2) is 4.98 Å². The van der Waals surface area contributed by atoms with Crippen molar-refractivity contribution in [3.8, 4) is 0 Å². The zero-order valence-corrected chi connectivity index (χ0v) is 12.6. The minimum absolute atomic E-state index is 0.146. The Morgan fingerprint density at radius 1 is 1.24 bits per heavy atom. The minimum Gasteiger partial charge on any atom is -0.370 e. The van der Waals surface area contributed by atoms with Gasteiger partial charge in [0.05, 0.1) is 6.54 Å². The average Bonchev–Trinajstić information content (AvgIpc) is 2.90. The van der Waals surface area contributed by atoms with Crippen LogP contribution in [0.5, 0.6) is 0 Å². The van der Waals surface area contributed by atoms with Gasteiger partial charge in [-0.05, 0) is 32.4 Å². The Balaban J connectivity index is 2.08. The molecule has 0 unspecified atom stereocenters. The lowest BCUT2D eigenvalue weighted by Crippen LogP contribution is -2.23. The van der Waals surface area contributed by atoms with E-state index >= 15 is 0 Å². The molecule has 6 nitrogen and oxygen atoms in total. The van der Waals surface area contributed by atoms with Crippen molar-refractivity contribution in [1.29, 1.82) is 0 Å². The van der Waals surface area contributed by atoms with Gasteiger partial charge in [-0.1, -0.05) is 12.1 Å². The molecule has 0 aromatic carbocycles. The van der Waals surface area contributed by atoms with Gasteiger partial charge in [0.25, 0.3) is 5.91 Å². The molecule has 6 heteroatoms. The van der Waals surface area contributed by atoms with Crippen LogP contribution in [0.1, 0.15) is 41.4 Å². The lowest BCUT2D eigenvalue weighted by atomic mass is 10.1. The molecule has 21 heavy (non-hydrogen) atoms. The van der Waals surface area contributed by atoms with Crippen LogP contribution in [0.4, 0.5) is 5.82 Å². The van der Waals surface area contributed by atoms with Gasteiger partial charge in [-0.15, -0.1) is 0 Å². The predicted molar refractivity (Wildman–Crippen MR) is 80.2 cm³/mol. The smallest absolute Gasteiger partial charge is 0.251 e. The lowest BCUT2D eigenvalue weighted by molar-refractivity contribution is 0.0950. The Hall–Kier alpha value is -2.37. The van der Waals surface area contributed by atoms with Crippen LogP contribution in [0.15, 0.2) is 22.7 Å². The predicted octanol–water partition coefficient (Wildman–Crippen LogP) is 2.30. The molecule has 0 aliphatic rings. The first kappa shape index (κ1) is 15.0. The maximum atomic E-state index is 12.2. The summed E-state index contributed by atoms with van der Waals surface area (Å²) >= 11 is 0. The fourth-order valence-corrected chi connectivity index (χ4v) is 1.95. The Labute approximate surface area is 123 Å². The first-order valence-corrected chi connectivity index (χ1v) is 7.07. The lowest BCUT2D eigenvalue weighted by Gasteiger charge is -2.09. The second-order valence-electron chi connectivity index (χ2n) is 4.73. The largest absolute Gasteiger partial charge is 0.370 e. The van der Waals surface area contributed by atoms with Crippen LogP contribution in [0.25, 0.3) is 0 Å². The number of nitrogens with zero attached hydrogens (tertiary/aromatic N) is 2. The third-order valence-electron chi connectivity index (χ3n) is 2.97. The van der Waals surface area contributed by atoms with Crippen LogP contribution in [0.3, 0.4) is 0 Å². The van der Waals surface area contributed by atoms with E-state index in [0.717, 1.165) is 30.2 Å². The zero-order chi connectivity index (χ0) is 15.2. The summed E-state index contributed by atoms with van der Waals surface area (Å²) in [5, 5.41) is 9.82. The topological polar surface area (TPSA) is 80.0 Å². The molecule has 2 rings (SSSR count). The number of aryl methyl sites for hydroxylation is 2. The molecule has 0 aliphatic heterocycles. The number of aromatic nitrogens is 2. The number of hydrogen-bond donors (Lipinski definition) is 2. The van der Waals surface area contributed by atoms with Gasteiger partial charge in [0, 0.05) is 23.9 Å². The number of nitrogens with one attached hydrogen (secondary N) is 2. The number of hydrogen-bond acceptors (Lipinski definition) is 5. The first-order valence-electron chi connectivity index (χ1n) is 7.07. The van der Waals surface area contributed by atoms with E-state index in [1.807, 2.05) is 26.8 Å². The highest BCUT2D eigenvalue weighted by Crippen LogP contribution is 2.11. The van der Waals surface area contributed by atoms with Crippen molar-refractivity contribution in [2.45, 2.75) is 33.7 Å². The fraction of sp³-hybridized carbons (Fsp3) is 0.400. The summed E-state index contributed by atoms with van der Waals surface area (Å²) in [5.74, 6) is 1.30. The van der Waals surface area contributed by atoms with Crippen LogP contribution in [-0.4, -0.2) is 22.6 Å². The molecule has 0 fully saturated rings. The van der Waals surface area contributed by atoms with Crippen molar-refractivity contribution in [1.82, 2.24) is 15.5 Å².